The van der Waals surface area contributed by atoms with Gasteiger partial charge in [-0.05, 0) is 38.1 Å². The molecular formula is C13H19FN2O2S. The van der Waals surface area contributed by atoms with Gasteiger partial charge in [-0.3, -0.25) is 0 Å². The molecule has 1 fully saturated rings. The molecular weight excluding hydrogens is 267 g/mol. The minimum absolute atomic E-state index is 0.0455. The topological polar surface area (TPSA) is 49.4 Å². The van der Waals surface area contributed by atoms with Crippen molar-refractivity contribution in [3.8, 4) is 0 Å². The zero-order valence-electron chi connectivity index (χ0n) is 11.0. The molecule has 4 nitrogen and oxygen atoms in total. The fourth-order valence-corrected chi connectivity index (χ4v) is 4.26. The van der Waals surface area contributed by atoms with Crippen LogP contribution in [0.25, 0.3) is 0 Å². The molecule has 0 aliphatic carbocycles. The molecule has 1 aliphatic heterocycles. The number of halogens is 1. The monoisotopic (exact) mass is 286 g/mol. The molecule has 6 heteroatoms. The summed E-state index contributed by atoms with van der Waals surface area (Å²) in [6, 6.07) is 5.51. The molecule has 0 radical (unpaired) electrons. The van der Waals surface area contributed by atoms with E-state index in [9.17, 15) is 12.8 Å². The van der Waals surface area contributed by atoms with E-state index in [4.69, 9.17) is 0 Å². The van der Waals surface area contributed by atoms with E-state index in [-0.39, 0.29) is 10.9 Å². The van der Waals surface area contributed by atoms with Gasteiger partial charge in [0.15, 0.2) is 0 Å². The molecule has 2 rings (SSSR count). The summed E-state index contributed by atoms with van der Waals surface area (Å²) < 4.78 is 40.3. The van der Waals surface area contributed by atoms with Crippen LogP contribution < -0.4 is 5.32 Å². The third kappa shape index (κ3) is 2.96. The zero-order chi connectivity index (χ0) is 13.9. The molecule has 106 valence electrons. The summed E-state index contributed by atoms with van der Waals surface area (Å²) in [5, 5.41) is 3.20. The SMILES string of the molecule is CCN(C1CCNCC1)S(=O)(=O)c1ccccc1F. The fourth-order valence-electron chi connectivity index (χ4n) is 2.50. The molecule has 0 atom stereocenters. The largest absolute Gasteiger partial charge is 0.317 e. The van der Waals surface area contributed by atoms with Gasteiger partial charge in [0.05, 0.1) is 0 Å². The number of rotatable bonds is 4. The standard InChI is InChI=1S/C13H19FN2O2S/c1-2-16(11-7-9-15-10-8-11)19(17,18)13-6-4-3-5-12(13)14/h3-6,11,15H,2,7-10H2,1H3. The minimum Gasteiger partial charge on any atom is -0.317 e. The van der Waals surface area contributed by atoms with Crippen LogP contribution in [0.15, 0.2) is 29.2 Å². The first-order valence-electron chi connectivity index (χ1n) is 6.54. The summed E-state index contributed by atoms with van der Waals surface area (Å²) >= 11 is 0. The van der Waals surface area contributed by atoms with Gasteiger partial charge in [0.1, 0.15) is 10.7 Å². The van der Waals surface area contributed by atoms with Crippen LogP contribution in [0.3, 0.4) is 0 Å². The molecule has 0 bridgehead atoms. The van der Waals surface area contributed by atoms with E-state index < -0.39 is 15.8 Å². The molecule has 0 aromatic heterocycles. The van der Waals surface area contributed by atoms with Crippen molar-refractivity contribution in [1.82, 2.24) is 9.62 Å². The molecule has 0 spiro atoms. The van der Waals surface area contributed by atoms with E-state index in [1.165, 1.54) is 22.5 Å². The van der Waals surface area contributed by atoms with Crippen LogP contribution in [0.5, 0.6) is 0 Å². The lowest BCUT2D eigenvalue weighted by atomic mass is 10.1. The molecule has 19 heavy (non-hydrogen) atoms. The summed E-state index contributed by atoms with van der Waals surface area (Å²) in [6.45, 7) is 3.75. The van der Waals surface area contributed by atoms with Crippen molar-refractivity contribution < 1.29 is 12.8 Å². The van der Waals surface area contributed by atoms with Crippen molar-refractivity contribution in [3.05, 3.63) is 30.1 Å². The highest BCUT2D eigenvalue weighted by Gasteiger charge is 2.32. The highest BCUT2D eigenvalue weighted by Crippen LogP contribution is 2.23. The van der Waals surface area contributed by atoms with E-state index in [0.29, 0.717) is 6.54 Å². The van der Waals surface area contributed by atoms with Gasteiger partial charge in [-0.1, -0.05) is 19.1 Å². The quantitative estimate of drug-likeness (QED) is 0.914. The molecule has 1 heterocycles. The molecule has 1 aromatic carbocycles. The Kier molecular flexibility index (Phi) is 4.54. The fraction of sp³-hybridized carbons (Fsp3) is 0.538. The molecule has 1 aromatic rings. The number of sulfonamides is 1. The molecule has 0 saturated carbocycles. The smallest absolute Gasteiger partial charge is 0.246 e. The lowest BCUT2D eigenvalue weighted by Crippen LogP contribution is -2.46. The van der Waals surface area contributed by atoms with E-state index in [2.05, 4.69) is 5.32 Å². The number of nitrogens with one attached hydrogen (secondary N) is 1. The van der Waals surface area contributed by atoms with Gasteiger partial charge < -0.3 is 5.32 Å². The van der Waals surface area contributed by atoms with E-state index in [1.807, 2.05) is 0 Å². The van der Waals surface area contributed by atoms with Crippen molar-refractivity contribution in [2.45, 2.75) is 30.7 Å². The average Bonchev–Trinajstić information content (AvgIpc) is 2.40. The Bertz CT molecular complexity index is 527. The third-order valence-corrected chi connectivity index (χ3v) is 5.51. The van der Waals surface area contributed by atoms with Crippen molar-refractivity contribution in [2.24, 2.45) is 0 Å². The molecule has 1 N–H and O–H groups in total. The summed E-state index contributed by atoms with van der Waals surface area (Å²) in [6.07, 6.45) is 1.53. The van der Waals surface area contributed by atoms with E-state index in [1.54, 1.807) is 13.0 Å². The Hall–Kier alpha value is -0.980. The lowest BCUT2D eigenvalue weighted by Gasteiger charge is -2.33. The molecule has 1 saturated heterocycles. The number of nitrogens with zero attached hydrogens (tertiary/aromatic N) is 1. The Morgan fingerprint density at radius 1 is 1.32 bits per heavy atom. The van der Waals surface area contributed by atoms with Crippen LogP contribution in [0, 0.1) is 5.82 Å². The van der Waals surface area contributed by atoms with Crippen LogP contribution in [-0.2, 0) is 10.0 Å². The van der Waals surface area contributed by atoms with Gasteiger partial charge in [0.25, 0.3) is 0 Å². The van der Waals surface area contributed by atoms with Gasteiger partial charge in [0.2, 0.25) is 10.0 Å². The highest BCUT2D eigenvalue weighted by atomic mass is 32.2. The number of piperidine rings is 1. The van der Waals surface area contributed by atoms with Gasteiger partial charge in [-0.25, -0.2) is 12.8 Å². The number of benzene rings is 1. The first kappa shape index (κ1) is 14.4. The summed E-state index contributed by atoms with van der Waals surface area (Å²) in [5.74, 6) is -0.685. The molecule has 0 amide bonds. The zero-order valence-corrected chi connectivity index (χ0v) is 11.8. The Morgan fingerprint density at radius 3 is 2.53 bits per heavy atom. The van der Waals surface area contributed by atoms with Crippen molar-refractivity contribution in [2.75, 3.05) is 19.6 Å². The van der Waals surface area contributed by atoms with Crippen molar-refractivity contribution in [1.29, 1.82) is 0 Å². The predicted octanol–water partition coefficient (Wildman–Crippen LogP) is 1.59. The normalized spacial score (nSPS) is 17.8. The lowest BCUT2D eigenvalue weighted by molar-refractivity contribution is 0.270. The maximum absolute atomic E-state index is 13.7. The van der Waals surface area contributed by atoms with Gasteiger partial charge in [0, 0.05) is 12.6 Å². The Balaban J connectivity index is 2.33. The predicted molar refractivity (Wildman–Crippen MR) is 71.9 cm³/mol. The molecule has 0 unspecified atom stereocenters. The van der Waals surface area contributed by atoms with Gasteiger partial charge in [-0.15, -0.1) is 0 Å². The van der Waals surface area contributed by atoms with Crippen LogP contribution in [0.1, 0.15) is 19.8 Å². The summed E-state index contributed by atoms with van der Waals surface area (Å²) in [5.41, 5.74) is 0. The van der Waals surface area contributed by atoms with Crippen molar-refractivity contribution >= 4 is 10.0 Å². The van der Waals surface area contributed by atoms with Crippen LogP contribution in [-0.4, -0.2) is 38.4 Å². The van der Waals surface area contributed by atoms with E-state index in [0.717, 1.165) is 25.9 Å². The van der Waals surface area contributed by atoms with Crippen LogP contribution >= 0.6 is 0 Å². The second-order valence-corrected chi connectivity index (χ2v) is 6.48. The average molecular weight is 286 g/mol. The summed E-state index contributed by atoms with van der Waals surface area (Å²) in [7, 11) is -3.75. The Labute approximate surface area is 113 Å². The van der Waals surface area contributed by atoms with Crippen molar-refractivity contribution in [3.63, 3.8) is 0 Å². The first-order chi connectivity index (χ1) is 9.07. The highest BCUT2D eigenvalue weighted by molar-refractivity contribution is 7.89. The number of hydrogen-bond acceptors (Lipinski definition) is 3. The van der Waals surface area contributed by atoms with Gasteiger partial charge >= 0.3 is 0 Å². The second kappa shape index (κ2) is 5.98. The minimum atomic E-state index is -3.75. The van der Waals surface area contributed by atoms with Crippen LogP contribution in [0.2, 0.25) is 0 Å². The van der Waals surface area contributed by atoms with Crippen LogP contribution in [0.4, 0.5) is 4.39 Å². The van der Waals surface area contributed by atoms with E-state index >= 15 is 0 Å². The van der Waals surface area contributed by atoms with Gasteiger partial charge in [-0.2, -0.15) is 4.31 Å². The maximum Gasteiger partial charge on any atom is 0.246 e. The summed E-state index contributed by atoms with van der Waals surface area (Å²) in [4.78, 5) is -0.226. The Morgan fingerprint density at radius 2 is 1.95 bits per heavy atom. The molecule has 1 aliphatic rings. The first-order valence-corrected chi connectivity index (χ1v) is 7.98. The third-order valence-electron chi connectivity index (χ3n) is 3.45. The number of hydrogen-bond donors (Lipinski definition) is 1. The maximum atomic E-state index is 13.7. The second-order valence-electron chi connectivity index (χ2n) is 4.62.